The Morgan fingerprint density at radius 3 is 2.34 bits per heavy atom. The molecular formula is C33H52O4S. The number of hydrogen-bond acceptors (Lipinski definition) is 4. The molecule has 1 aromatic carbocycles. The molecule has 4 nitrogen and oxygen atoms in total. The van der Waals surface area contributed by atoms with Crippen molar-refractivity contribution in [1.82, 2.24) is 0 Å². The van der Waals surface area contributed by atoms with Crippen LogP contribution in [0.4, 0.5) is 0 Å². The lowest BCUT2D eigenvalue weighted by molar-refractivity contribution is -0.203. The summed E-state index contributed by atoms with van der Waals surface area (Å²) in [5, 5.41) is 22.4. The topological polar surface area (TPSA) is 74.6 Å². The Kier molecular flexibility index (Phi) is 8.15. The molecule has 4 aliphatic carbocycles. The highest BCUT2D eigenvalue weighted by Gasteiger charge is 2.64. The van der Waals surface area contributed by atoms with Gasteiger partial charge >= 0.3 is 0 Å². The van der Waals surface area contributed by atoms with Crippen molar-refractivity contribution in [3.63, 3.8) is 0 Å². The third kappa shape index (κ3) is 5.02. The largest absolute Gasteiger partial charge is 0.393 e. The first kappa shape index (κ1) is 28.6. The van der Waals surface area contributed by atoms with Crippen molar-refractivity contribution in [2.45, 2.75) is 110 Å². The Labute approximate surface area is 231 Å². The van der Waals surface area contributed by atoms with Crippen molar-refractivity contribution in [1.29, 1.82) is 0 Å². The minimum atomic E-state index is -3.10. The van der Waals surface area contributed by atoms with Gasteiger partial charge in [0.05, 0.1) is 23.7 Å². The molecule has 1 unspecified atom stereocenters. The van der Waals surface area contributed by atoms with Gasteiger partial charge in [0, 0.05) is 0 Å². The van der Waals surface area contributed by atoms with Crippen LogP contribution in [0.1, 0.15) is 97.5 Å². The summed E-state index contributed by atoms with van der Waals surface area (Å²) in [6.07, 6.45) is 9.97. The summed E-state index contributed by atoms with van der Waals surface area (Å²) < 4.78 is 25.5. The minimum absolute atomic E-state index is 0.141. The first-order chi connectivity index (χ1) is 18.0. The Morgan fingerprint density at radius 1 is 0.947 bits per heavy atom. The molecule has 0 heterocycles. The van der Waals surface area contributed by atoms with E-state index >= 15 is 0 Å². The maximum atomic E-state index is 12.8. The van der Waals surface area contributed by atoms with E-state index < -0.39 is 9.84 Å². The molecule has 0 radical (unpaired) electrons. The molecule has 5 heteroatoms. The van der Waals surface area contributed by atoms with Gasteiger partial charge < -0.3 is 10.2 Å². The normalized spacial score (nSPS) is 43.6. The van der Waals surface area contributed by atoms with E-state index in [1.54, 1.807) is 0 Å². The van der Waals surface area contributed by atoms with Crippen LogP contribution < -0.4 is 0 Å². The predicted octanol–water partition coefficient (Wildman–Crippen LogP) is 6.64. The quantitative estimate of drug-likeness (QED) is 0.384. The lowest BCUT2D eigenvalue weighted by Gasteiger charge is -2.64. The van der Waals surface area contributed by atoms with Gasteiger partial charge in [0.15, 0.2) is 9.84 Å². The number of fused-ring (bicyclic) bond motifs is 5. The number of benzene rings is 1. The monoisotopic (exact) mass is 544 g/mol. The van der Waals surface area contributed by atoms with Crippen LogP contribution >= 0.6 is 0 Å². The summed E-state index contributed by atoms with van der Waals surface area (Å²) in [5.41, 5.74) is 1.35. The average molecular weight is 545 g/mol. The fourth-order valence-corrected chi connectivity index (χ4v) is 12.1. The molecule has 0 bridgehead atoms. The van der Waals surface area contributed by atoms with Crippen LogP contribution in [0.15, 0.2) is 30.3 Å². The number of aliphatic hydroxyl groups is 2. The Hall–Kier alpha value is -0.910. The fraction of sp³-hybridized carbons (Fsp3) is 0.818. The van der Waals surface area contributed by atoms with Crippen molar-refractivity contribution >= 4 is 9.84 Å². The van der Waals surface area contributed by atoms with Crippen LogP contribution in [0.25, 0.3) is 0 Å². The van der Waals surface area contributed by atoms with Gasteiger partial charge in [-0.1, -0.05) is 64.4 Å². The van der Waals surface area contributed by atoms with Gasteiger partial charge in [0.1, 0.15) is 0 Å². The van der Waals surface area contributed by atoms with E-state index in [4.69, 9.17) is 0 Å². The zero-order valence-electron chi connectivity index (χ0n) is 24.2. The maximum absolute atomic E-state index is 12.8. The zero-order valence-corrected chi connectivity index (χ0v) is 25.0. The average Bonchev–Trinajstić information content (AvgIpc) is 3.23. The molecule has 1 aromatic rings. The first-order valence-electron chi connectivity index (χ1n) is 15.6. The molecule has 0 aromatic heterocycles. The van der Waals surface area contributed by atoms with E-state index in [1.807, 2.05) is 30.3 Å². The van der Waals surface area contributed by atoms with Crippen LogP contribution in [-0.2, 0) is 15.6 Å². The van der Waals surface area contributed by atoms with Gasteiger partial charge in [0.2, 0.25) is 0 Å². The molecule has 4 saturated carbocycles. The highest BCUT2D eigenvalue weighted by atomic mass is 32.2. The second-order valence-corrected chi connectivity index (χ2v) is 16.5. The van der Waals surface area contributed by atoms with Crippen molar-refractivity contribution in [2.75, 3.05) is 5.75 Å². The number of rotatable bonds is 8. The van der Waals surface area contributed by atoms with Gasteiger partial charge in [-0.15, -0.1) is 0 Å². The summed E-state index contributed by atoms with van der Waals surface area (Å²) >= 11 is 0. The van der Waals surface area contributed by atoms with Gasteiger partial charge in [0.25, 0.3) is 0 Å². The van der Waals surface area contributed by atoms with Gasteiger partial charge in [-0.3, -0.25) is 0 Å². The highest BCUT2D eigenvalue weighted by Crippen LogP contribution is 2.69. The summed E-state index contributed by atoms with van der Waals surface area (Å²) in [4.78, 5) is 0. The Morgan fingerprint density at radius 2 is 1.63 bits per heavy atom. The Bertz CT molecular complexity index is 1060. The van der Waals surface area contributed by atoms with Crippen LogP contribution in [0.3, 0.4) is 0 Å². The lowest BCUT2D eigenvalue weighted by Crippen LogP contribution is -2.62. The third-order valence-corrected chi connectivity index (χ3v) is 14.2. The van der Waals surface area contributed by atoms with Crippen LogP contribution in [0.5, 0.6) is 0 Å². The van der Waals surface area contributed by atoms with Crippen molar-refractivity contribution in [2.24, 2.45) is 52.3 Å². The minimum Gasteiger partial charge on any atom is -0.393 e. The standard InChI is InChI=1S/C33H52O4S/c1-5-25-29-20-24(34)15-17-33(29,4)28-16-18-32(3)26(13-14-27(32)30(28)31(25)35)22(2)10-9-19-38(36,37)21-23-11-7-6-8-12-23/h6-8,11-12,22,24-31,34-35H,5,9-10,13-21H2,1-4H3/t22-,24-,25-,26?,27+,28+,29+,30+,31-,32-,33-/m1/s1. The van der Waals surface area contributed by atoms with E-state index in [0.717, 1.165) is 44.1 Å². The van der Waals surface area contributed by atoms with E-state index in [9.17, 15) is 18.6 Å². The number of hydrogen-bond donors (Lipinski definition) is 2. The Balaban J connectivity index is 1.26. The molecule has 0 spiro atoms. The molecule has 38 heavy (non-hydrogen) atoms. The second-order valence-electron chi connectivity index (χ2n) is 14.3. The number of aliphatic hydroxyl groups excluding tert-OH is 2. The van der Waals surface area contributed by atoms with Gasteiger partial charge in [-0.2, -0.15) is 0 Å². The maximum Gasteiger partial charge on any atom is 0.154 e. The van der Waals surface area contributed by atoms with Crippen molar-refractivity contribution in [3.05, 3.63) is 35.9 Å². The van der Waals surface area contributed by atoms with Crippen LogP contribution in [-0.4, -0.2) is 36.6 Å². The molecule has 0 saturated heterocycles. The molecule has 11 atom stereocenters. The zero-order chi connectivity index (χ0) is 27.3. The first-order valence-corrected chi connectivity index (χ1v) is 17.4. The van der Waals surface area contributed by atoms with E-state index in [1.165, 1.54) is 25.7 Å². The SMILES string of the molecule is CC[C@H]1[C@@H](O)[C@@H]2[C@H](CC[C@]3(C)C([C@H](C)CCCS(=O)(=O)Cc4ccccc4)CC[C@@H]23)[C@@]2(C)CC[C@@H](O)C[C@@H]12. The molecule has 4 aliphatic rings. The molecule has 5 rings (SSSR count). The van der Waals surface area contributed by atoms with Gasteiger partial charge in [-0.25, -0.2) is 8.42 Å². The number of sulfone groups is 1. The van der Waals surface area contributed by atoms with Gasteiger partial charge in [-0.05, 0) is 116 Å². The third-order valence-electron chi connectivity index (χ3n) is 12.5. The van der Waals surface area contributed by atoms with Crippen molar-refractivity contribution < 1.29 is 18.6 Å². The van der Waals surface area contributed by atoms with E-state index in [2.05, 4.69) is 27.7 Å². The lowest BCUT2D eigenvalue weighted by atomic mass is 9.41. The second kappa shape index (κ2) is 10.8. The molecule has 0 amide bonds. The molecule has 2 N–H and O–H groups in total. The van der Waals surface area contributed by atoms with E-state index in [-0.39, 0.29) is 34.5 Å². The summed E-state index contributed by atoms with van der Waals surface area (Å²) in [5.74, 6) is 3.75. The van der Waals surface area contributed by atoms with Crippen LogP contribution in [0, 0.1) is 52.3 Å². The highest BCUT2D eigenvalue weighted by molar-refractivity contribution is 7.90. The van der Waals surface area contributed by atoms with Crippen LogP contribution in [0.2, 0.25) is 0 Å². The summed E-state index contributed by atoms with van der Waals surface area (Å²) in [6, 6.07) is 9.54. The van der Waals surface area contributed by atoms with E-state index in [0.29, 0.717) is 41.4 Å². The predicted molar refractivity (Wildman–Crippen MR) is 154 cm³/mol. The molecule has 0 aliphatic heterocycles. The molecule has 214 valence electrons. The summed E-state index contributed by atoms with van der Waals surface area (Å²) in [6.45, 7) is 9.62. The molecular weight excluding hydrogens is 492 g/mol. The smallest absolute Gasteiger partial charge is 0.154 e. The molecule has 4 fully saturated rings. The van der Waals surface area contributed by atoms with Crippen molar-refractivity contribution in [3.8, 4) is 0 Å². The summed E-state index contributed by atoms with van der Waals surface area (Å²) in [7, 11) is -3.10. The fourth-order valence-electron chi connectivity index (χ4n) is 10.7.